The summed E-state index contributed by atoms with van der Waals surface area (Å²) in [6, 6.07) is 0. The van der Waals surface area contributed by atoms with E-state index in [0.29, 0.717) is 5.92 Å². The van der Waals surface area contributed by atoms with Gasteiger partial charge in [-0.05, 0) is 24.2 Å². The van der Waals surface area contributed by atoms with E-state index in [2.05, 4.69) is 47.4 Å². The van der Waals surface area contributed by atoms with E-state index < -0.39 is 0 Å². The molecule has 1 aliphatic rings. The topological polar surface area (TPSA) is 24.1 Å². The number of thioether (sulfide) groups is 1. The zero-order chi connectivity index (χ0) is 11.8. The van der Waals surface area contributed by atoms with E-state index in [1.165, 1.54) is 10.5 Å². The van der Waals surface area contributed by atoms with Crippen molar-refractivity contribution in [3.8, 4) is 0 Å². The molecule has 0 aliphatic carbocycles. The van der Waals surface area contributed by atoms with Crippen LogP contribution in [-0.4, -0.2) is 19.3 Å². The van der Waals surface area contributed by atoms with Gasteiger partial charge in [0.1, 0.15) is 0 Å². The average Bonchev–Trinajstić information content (AvgIpc) is 2.34. The summed E-state index contributed by atoms with van der Waals surface area (Å²) in [6.07, 6.45) is 9.84. The Morgan fingerprint density at radius 3 is 3.12 bits per heavy atom. The average molecular weight is 256 g/mol. The normalized spacial score (nSPS) is 28.6. The molecule has 0 aromatic carbocycles. The van der Waals surface area contributed by atoms with Crippen molar-refractivity contribution in [1.82, 2.24) is 9.44 Å². The maximum Gasteiger partial charge on any atom is 0.0251 e. The van der Waals surface area contributed by atoms with E-state index in [4.69, 9.17) is 0 Å². The number of allylic oxidation sites excluding steroid dienone is 2. The first-order valence-corrected chi connectivity index (χ1v) is 7.51. The van der Waals surface area contributed by atoms with E-state index in [9.17, 15) is 0 Å². The lowest BCUT2D eigenvalue weighted by Gasteiger charge is -2.13. The second-order valence-corrected chi connectivity index (χ2v) is 5.32. The Kier molecular flexibility index (Phi) is 6.96. The summed E-state index contributed by atoms with van der Waals surface area (Å²) in [7, 11) is 0. The number of hydrogen-bond donors (Lipinski definition) is 2. The smallest absolute Gasteiger partial charge is 0.0251 e. The Morgan fingerprint density at radius 2 is 2.38 bits per heavy atom. The third kappa shape index (κ3) is 4.78. The second-order valence-electron chi connectivity index (χ2n) is 3.64. The first-order valence-electron chi connectivity index (χ1n) is 5.47. The van der Waals surface area contributed by atoms with Crippen molar-refractivity contribution >= 4 is 23.9 Å². The van der Waals surface area contributed by atoms with Crippen LogP contribution < -0.4 is 9.44 Å². The largest absolute Gasteiger partial charge is 0.250 e. The highest BCUT2D eigenvalue weighted by molar-refractivity contribution is 8.02. The Labute approximate surface area is 107 Å². The van der Waals surface area contributed by atoms with Gasteiger partial charge >= 0.3 is 0 Å². The third-order valence-electron chi connectivity index (χ3n) is 2.44. The summed E-state index contributed by atoms with van der Waals surface area (Å²) in [6.45, 7) is 8.21. The molecule has 1 heterocycles. The Balaban J connectivity index is 2.74. The van der Waals surface area contributed by atoms with Gasteiger partial charge in [-0.15, -0.1) is 11.8 Å². The molecule has 0 radical (unpaired) electrons. The van der Waals surface area contributed by atoms with Gasteiger partial charge in [-0.25, -0.2) is 4.72 Å². The van der Waals surface area contributed by atoms with Gasteiger partial charge in [0.2, 0.25) is 0 Å². The molecule has 0 saturated heterocycles. The summed E-state index contributed by atoms with van der Waals surface area (Å²) < 4.78 is 6.50. The zero-order valence-corrected chi connectivity index (χ0v) is 11.6. The first kappa shape index (κ1) is 13.9. The van der Waals surface area contributed by atoms with E-state index in [-0.39, 0.29) is 0 Å². The molecule has 0 fully saturated rings. The molecule has 0 amide bonds. The minimum Gasteiger partial charge on any atom is -0.250 e. The monoisotopic (exact) mass is 256 g/mol. The molecule has 1 unspecified atom stereocenters. The van der Waals surface area contributed by atoms with Crippen LogP contribution in [0.4, 0.5) is 0 Å². The number of hydrogen-bond acceptors (Lipinski definition) is 4. The van der Waals surface area contributed by atoms with Gasteiger partial charge in [0, 0.05) is 30.1 Å². The van der Waals surface area contributed by atoms with Crippen LogP contribution in [0.25, 0.3) is 0 Å². The summed E-state index contributed by atoms with van der Waals surface area (Å²) >= 11 is 3.30. The highest BCUT2D eigenvalue weighted by Crippen LogP contribution is 2.27. The summed E-state index contributed by atoms with van der Waals surface area (Å²) in [5.74, 6) is 0.449. The minimum atomic E-state index is 0.449. The van der Waals surface area contributed by atoms with Gasteiger partial charge in [-0.2, -0.15) is 0 Å². The van der Waals surface area contributed by atoms with Gasteiger partial charge in [0.05, 0.1) is 0 Å². The lowest BCUT2D eigenvalue weighted by molar-refractivity contribution is 0.858. The predicted molar refractivity (Wildman–Crippen MR) is 77.3 cm³/mol. The number of nitrogens with one attached hydrogen (secondary N) is 2. The standard InChI is InChI=1S/C12H20N2S2/c1-10-6-4-8-13-16-14-9-5-7-12(10)11(2)15-3/h4,6-7,10,13-14H,2,5,8-9H2,1,3H3/b6-4-,12-7-. The van der Waals surface area contributed by atoms with E-state index in [1.807, 2.05) is 0 Å². The fourth-order valence-corrected chi connectivity index (χ4v) is 2.53. The maximum atomic E-state index is 4.12. The van der Waals surface area contributed by atoms with Crippen LogP contribution in [0.2, 0.25) is 0 Å². The van der Waals surface area contributed by atoms with Crippen LogP contribution in [0.5, 0.6) is 0 Å². The molecular weight excluding hydrogens is 236 g/mol. The summed E-state index contributed by atoms with van der Waals surface area (Å²) in [4.78, 5) is 1.18. The fourth-order valence-electron chi connectivity index (χ4n) is 1.53. The van der Waals surface area contributed by atoms with E-state index in [1.54, 1.807) is 23.9 Å². The quantitative estimate of drug-likeness (QED) is 0.585. The summed E-state index contributed by atoms with van der Waals surface area (Å²) in [5, 5.41) is 0. The SMILES string of the molecule is C=C(SC)/C1=C\CCNSNC/C=C\C1C. The van der Waals surface area contributed by atoms with Crippen molar-refractivity contribution in [2.45, 2.75) is 13.3 Å². The van der Waals surface area contributed by atoms with Crippen LogP contribution in [-0.2, 0) is 0 Å². The highest BCUT2D eigenvalue weighted by atomic mass is 32.2. The van der Waals surface area contributed by atoms with E-state index >= 15 is 0 Å². The fraction of sp³-hybridized carbons (Fsp3) is 0.500. The molecule has 0 saturated carbocycles. The molecule has 1 rings (SSSR count). The van der Waals surface area contributed by atoms with Gasteiger partial charge in [0.25, 0.3) is 0 Å². The molecule has 2 N–H and O–H groups in total. The van der Waals surface area contributed by atoms with Crippen molar-refractivity contribution < 1.29 is 0 Å². The van der Waals surface area contributed by atoms with Gasteiger partial charge in [-0.1, -0.05) is 31.7 Å². The zero-order valence-electron chi connectivity index (χ0n) is 9.95. The number of rotatable bonds is 2. The maximum absolute atomic E-state index is 4.12. The lowest BCUT2D eigenvalue weighted by Crippen LogP contribution is -2.14. The molecular formula is C12H20N2S2. The van der Waals surface area contributed by atoms with Crippen molar-refractivity contribution in [1.29, 1.82) is 0 Å². The minimum absolute atomic E-state index is 0.449. The molecule has 0 aromatic heterocycles. The van der Waals surface area contributed by atoms with Gasteiger partial charge in [-0.3, -0.25) is 4.72 Å². The predicted octanol–water partition coefficient (Wildman–Crippen LogP) is 3.13. The Bertz CT molecular complexity index is 285. The van der Waals surface area contributed by atoms with Crippen LogP contribution >= 0.6 is 23.9 Å². The molecule has 1 aliphatic heterocycles. The van der Waals surface area contributed by atoms with Crippen LogP contribution in [0, 0.1) is 5.92 Å². The van der Waals surface area contributed by atoms with Crippen molar-refractivity contribution in [2.75, 3.05) is 19.3 Å². The van der Waals surface area contributed by atoms with Crippen LogP contribution in [0.15, 0.2) is 35.3 Å². The Hall–Kier alpha value is -0.160. The third-order valence-corrected chi connectivity index (χ3v) is 3.83. The molecule has 0 spiro atoms. The Morgan fingerprint density at radius 1 is 1.56 bits per heavy atom. The lowest BCUT2D eigenvalue weighted by atomic mass is 9.99. The first-order chi connectivity index (χ1) is 7.75. The summed E-state index contributed by atoms with van der Waals surface area (Å²) in [5.41, 5.74) is 1.36. The van der Waals surface area contributed by atoms with Gasteiger partial charge in [0.15, 0.2) is 0 Å². The highest BCUT2D eigenvalue weighted by Gasteiger charge is 2.08. The molecule has 16 heavy (non-hydrogen) atoms. The van der Waals surface area contributed by atoms with E-state index in [0.717, 1.165) is 19.5 Å². The molecule has 0 bridgehead atoms. The molecule has 2 nitrogen and oxygen atoms in total. The van der Waals surface area contributed by atoms with Crippen LogP contribution in [0.3, 0.4) is 0 Å². The van der Waals surface area contributed by atoms with Crippen LogP contribution in [0.1, 0.15) is 13.3 Å². The van der Waals surface area contributed by atoms with Crippen molar-refractivity contribution in [3.63, 3.8) is 0 Å². The molecule has 90 valence electrons. The van der Waals surface area contributed by atoms with Crippen molar-refractivity contribution in [3.05, 3.63) is 35.3 Å². The van der Waals surface area contributed by atoms with Gasteiger partial charge < -0.3 is 0 Å². The second kappa shape index (κ2) is 8.01. The molecule has 1 atom stereocenters. The molecule has 4 heteroatoms. The molecule has 0 aromatic rings. The van der Waals surface area contributed by atoms with Crippen molar-refractivity contribution in [2.24, 2.45) is 5.92 Å².